The van der Waals surface area contributed by atoms with Crippen molar-refractivity contribution in [2.75, 3.05) is 18.5 Å². The Kier molecular flexibility index (Phi) is 7.94. The molecule has 0 radical (unpaired) electrons. The van der Waals surface area contributed by atoms with Gasteiger partial charge in [0.05, 0.1) is 18.1 Å². The standard InChI is InChI=1S/C18H26N2O12/c21-5-9-11(23)12(24)15(27)18(31-9)32-16-10(6-22)30-17(14(26)13(16)25)19-7-1-3-8(4-2-7)20(28)29/h1-4,9-19,21-27H,5-6H2. The quantitative estimate of drug-likeness (QED) is 0.146. The van der Waals surface area contributed by atoms with E-state index in [0.717, 1.165) is 0 Å². The van der Waals surface area contributed by atoms with Gasteiger partial charge in [-0.2, -0.15) is 0 Å². The molecule has 180 valence electrons. The van der Waals surface area contributed by atoms with E-state index in [1.54, 1.807) is 0 Å². The molecule has 8 N–H and O–H groups in total. The molecule has 2 aliphatic rings. The summed E-state index contributed by atoms with van der Waals surface area (Å²) in [7, 11) is 0. The number of aliphatic hydroxyl groups excluding tert-OH is 7. The number of nitrogens with one attached hydrogen (secondary N) is 1. The van der Waals surface area contributed by atoms with Gasteiger partial charge in [-0.05, 0) is 12.1 Å². The summed E-state index contributed by atoms with van der Waals surface area (Å²) in [4.78, 5) is 10.2. The first-order valence-electron chi connectivity index (χ1n) is 9.77. The van der Waals surface area contributed by atoms with Crippen LogP contribution in [0.15, 0.2) is 24.3 Å². The van der Waals surface area contributed by atoms with Gasteiger partial charge >= 0.3 is 0 Å². The van der Waals surface area contributed by atoms with E-state index in [1.807, 2.05) is 0 Å². The lowest BCUT2D eigenvalue weighted by atomic mass is 9.96. The normalized spacial score (nSPS) is 40.1. The average molecular weight is 462 g/mol. The van der Waals surface area contributed by atoms with Crippen LogP contribution >= 0.6 is 0 Å². The minimum atomic E-state index is -1.76. The lowest BCUT2D eigenvalue weighted by Gasteiger charge is -2.46. The molecule has 0 aliphatic carbocycles. The zero-order valence-corrected chi connectivity index (χ0v) is 16.6. The highest BCUT2D eigenvalue weighted by Crippen LogP contribution is 2.30. The molecule has 0 aromatic heterocycles. The summed E-state index contributed by atoms with van der Waals surface area (Å²) in [6.45, 7) is -1.37. The van der Waals surface area contributed by atoms with Gasteiger partial charge in [0.2, 0.25) is 0 Å². The zero-order chi connectivity index (χ0) is 23.6. The largest absolute Gasteiger partial charge is 0.394 e. The molecule has 0 bridgehead atoms. The second-order valence-corrected chi connectivity index (χ2v) is 7.51. The Morgan fingerprint density at radius 2 is 1.50 bits per heavy atom. The van der Waals surface area contributed by atoms with E-state index in [9.17, 15) is 45.9 Å². The van der Waals surface area contributed by atoms with Crippen LogP contribution in [0.4, 0.5) is 11.4 Å². The number of nitro groups is 1. The molecular weight excluding hydrogens is 436 g/mol. The van der Waals surface area contributed by atoms with Gasteiger partial charge < -0.3 is 55.3 Å². The number of benzene rings is 1. The van der Waals surface area contributed by atoms with Gasteiger partial charge in [-0.3, -0.25) is 10.1 Å². The monoisotopic (exact) mass is 462 g/mol. The maximum Gasteiger partial charge on any atom is 0.269 e. The van der Waals surface area contributed by atoms with Crippen molar-refractivity contribution in [3.63, 3.8) is 0 Å². The fourth-order valence-electron chi connectivity index (χ4n) is 3.55. The highest BCUT2D eigenvalue weighted by molar-refractivity contribution is 5.49. The number of nitro benzene ring substituents is 1. The van der Waals surface area contributed by atoms with Crippen molar-refractivity contribution in [1.82, 2.24) is 0 Å². The molecule has 32 heavy (non-hydrogen) atoms. The van der Waals surface area contributed by atoms with E-state index < -0.39 is 79.5 Å². The Labute approximate surface area is 181 Å². The van der Waals surface area contributed by atoms with Crippen molar-refractivity contribution >= 4 is 11.4 Å². The summed E-state index contributed by atoms with van der Waals surface area (Å²) in [5.74, 6) is 0. The number of aliphatic hydroxyl groups is 7. The molecule has 2 heterocycles. The van der Waals surface area contributed by atoms with Crippen LogP contribution in [0.2, 0.25) is 0 Å². The molecule has 14 nitrogen and oxygen atoms in total. The first-order chi connectivity index (χ1) is 15.2. The Morgan fingerprint density at radius 1 is 0.875 bits per heavy atom. The maximum atomic E-state index is 10.8. The van der Waals surface area contributed by atoms with E-state index in [1.165, 1.54) is 24.3 Å². The van der Waals surface area contributed by atoms with E-state index in [0.29, 0.717) is 5.69 Å². The summed E-state index contributed by atoms with van der Waals surface area (Å²) in [5.41, 5.74) is 0.179. The molecule has 14 heteroatoms. The number of non-ortho nitro benzene ring substituents is 1. The average Bonchev–Trinajstić information content (AvgIpc) is 2.79. The number of rotatable bonds is 7. The number of hydrogen-bond acceptors (Lipinski definition) is 13. The molecule has 10 atom stereocenters. The van der Waals surface area contributed by atoms with Crippen molar-refractivity contribution in [2.24, 2.45) is 0 Å². The van der Waals surface area contributed by atoms with Gasteiger partial charge in [0.25, 0.3) is 5.69 Å². The molecule has 10 unspecified atom stereocenters. The molecule has 1 aromatic carbocycles. The topological polar surface area (TPSA) is 224 Å². The van der Waals surface area contributed by atoms with Crippen molar-refractivity contribution in [1.29, 1.82) is 0 Å². The minimum Gasteiger partial charge on any atom is -0.394 e. The SMILES string of the molecule is O=[N+]([O-])c1ccc(NC2OC(CO)C(OC3OC(CO)C(O)C(O)C3O)C(O)C2O)cc1. The summed E-state index contributed by atoms with van der Waals surface area (Å²) >= 11 is 0. The van der Waals surface area contributed by atoms with Gasteiger partial charge in [-0.25, -0.2) is 0 Å². The smallest absolute Gasteiger partial charge is 0.269 e. The van der Waals surface area contributed by atoms with Crippen molar-refractivity contribution in [2.45, 2.75) is 61.3 Å². The van der Waals surface area contributed by atoms with E-state index in [-0.39, 0.29) is 5.69 Å². The van der Waals surface area contributed by atoms with Crippen LogP contribution in [0.1, 0.15) is 0 Å². The number of nitrogens with zero attached hydrogens (tertiary/aromatic N) is 1. The molecule has 0 spiro atoms. The molecule has 1 aromatic rings. The van der Waals surface area contributed by atoms with Crippen molar-refractivity contribution < 1.29 is 54.9 Å². The molecule has 2 aliphatic heterocycles. The number of hydrogen-bond donors (Lipinski definition) is 8. The highest BCUT2D eigenvalue weighted by Gasteiger charge is 2.50. The van der Waals surface area contributed by atoms with Crippen LogP contribution in [0, 0.1) is 10.1 Å². The van der Waals surface area contributed by atoms with Crippen LogP contribution in [-0.4, -0.2) is 115 Å². The molecule has 0 amide bonds. The third-order valence-corrected chi connectivity index (χ3v) is 5.39. The first-order valence-corrected chi connectivity index (χ1v) is 9.77. The van der Waals surface area contributed by atoms with E-state index >= 15 is 0 Å². The molecular formula is C18H26N2O12. The van der Waals surface area contributed by atoms with Crippen LogP contribution in [0.3, 0.4) is 0 Å². The molecule has 3 rings (SSSR count). The van der Waals surface area contributed by atoms with Crippen LogP contribution in [-0.2, 0) is 14.2 Å². The van der Waals surface area contributed by atoms with E-state index in [4.69, 9.17) is 14.2 Å². The highest BCUT2D eigenvalue weighted by atomic mass is 16.7. The van der Waals surface area contributed by atoms with Crippen LogP contribution in [0.25, 0.3) is 0 Å². The lowest BCUT2D eigenvalue weighted by molar-refractivity contribution is -0.384. The second-order valence-electron chi connectivity index (χ2n) is 7.51. The summed E-state index contributed by atoms with van der Waals surface area (Å²) in [5, 5.41) is 83.4. The second kappa shape index (κ2) is 10.3. The van der Waals surface area contributed by atoms with Crippen LogP contribution in [0.5, 0.6) is 0 Å². The molecule has 2 fully saturated rings. The minimum absolute atomic E-state index is 0.151. The van der Waals surface area contributed by atoms with Crippen molar-refractivity contribution in [3.05, 3.63) is 34.4 Å². The van der Waals surface area contributed by atoms with Gasteiger partial charge in [0, 0.05) is 17.8 Å². The Balaban J connectivity index is 1.70. The fourth-order valence-corrected chi connectivity index (χ4v) is 3.55. The third kappa shape index (κ3) is 4.99. The van der Waals surface area contributed by atoms with Gasteiger partial charge in [-0.1, -0.05) is 0 Å². The Morgan fingerprint density at radius 3 is 2.06 bits per heavy atom. The van der Waals surface area contributed by atoms with Gasteiger partial charge in [0.1, 0.15) is 48.8 Å². The van der Waals surface area contributed by atoms with E-state index in [2.05, 4.69) is 5.32 Å². The number of ether oxygens (including phenoxy) is 3. The predicted octanol–water partition coefficient (Wildman–Crippen LogP) is -3.37. The Bertz CT molecular complexity index is 763. The predicted molar refractivity (Wildman–Crippen MR) is 103 cm³/mol. The van der Waals surface area contributed by atoms with Gasteiger partial charge in [-0.15, -0.1) is 0 Å². The lowest BCUT2D eigenvalue weighted by Crippen LogP contribution is -2.65. The fraction of sp³-hybridized carbons (Fsp3) is 0.667. The molecule has 0 saturated carbocycles. The number of anilines is 1. The Hall–Kier alpha value is -1.98. The third-order valence-electron chi connectivity index (χ3n) is 5.39. The summed E-state index contributed by atoms with van der Waals surface area (Å²) in [6.07, 6.45) is -15.1. The molecule has 2 saturated heterocycles. The summed E-state index contributed by atoms with van der Waals surface area (Å²) in [6, 6.07) is 5.18. The van der Waals surface area contributed by atoms with Gasteiger partial charge in [0.15, 0.2) is 12.5 Å². The maximum absolute atomic E-state index is 10.8. The van der Waals surface area contributed by atoms with Crippen LogP contribution < -0.4 is 5.32 Å². The van der Waals surface area contributed by atoms with Crippen molar-refractivity contribution in [3.8, 4) is 0 Å². The first kappa shape index (κ1) is 24.7. The summed E-state index contributed by atoms with van der Waals surface area (Å²) < 4.78 is 16.3. The zero-order valence-electron chi connectivity index (χ0n) is 16.6.